The molecule has 1 aromatic rings. The quantitative estimate of drug-likeness (QED) is 0.877. The van der Waals surface area contributed by atoms with Crippen LogP contribution >= 0.6 is 0 Å². The Labute approximate surface area is 151 Å². The Morgan fingerprint density at radius 2 is 1.96 bits per heavy atom. The molecule has 0 bridgehead atoms. The number of ether oxygens (including phenoxy) is 1. The second-order valence-corrected chi connectivity index (χ2v) is 9.26. The summed E-state index contributed by atoms with van der Waals surface area (Å²) in [6, 6.07) is 8.12. The molecule has 1 unspecified atom stereocenters. The van der Waals surface area contributed by atoms with E-state index in [1.54, 1.807) is 8.61 Å². The zero-order chi connectivity index (χ0) is 18.1. The summed E-state index contributed by atoms with van der Waals surface area (Å²) < 4.78 is 35.5. The van der Waals surface area contributed by atoms with Gasteiger partial charge in [0.2, 0.25) is 0 Å². The van der Waals surface area contributed by atoms with Gasteiger partial charge in [-0.2, -0.15) is 17.0 Å². The molecule has 1 aromatic carbocycles. The third kappa shape index (κ3) is 4.06. The lowest BCUT2D eigenvalue weighted by molar-refractivity contribution is -0.0656. The van der Waals surface area contributed by atoms with Gasteiger partial charge in [-0.3, -0.25) is 0 Å². The Morgan fingerprint density at radius 1 is 1.24 bits per heavy atom. The van der Waals surface area contributed by atoms with Crippen molar-refractivity contribution in [2.24, 2.45) is 0 Å². The van der Waals surface area contributed by atoms with Crippen molar-refractivity contribution in [3.8, 4) is 0 Å². The van der Waals surface area contributed by atoms with Crippen LogP contribution in [0.15, 0.2) is 24.3 Å². The van der Waals surface area contributed by atoms with Crippen molar-refractivity contribution >= 4 is 10.2 Å². The predicted molar refractivity (Wildman–Crippen MR) is 98.7 cm³/mol. The van der Waals surface area contributed by atoms with Crippen LogP contribution in [0.4, 0.5) is 0 Å². The normalized spacial score (nSPS) is 25.8. The van der Waals surface area contributed by atoms with Crippen LogP contribution in [0.2, 0.25) is 0 Å². The van der Waals surface area contributed by atoms with Gasteiger partial charge in [-0.25, -0.2) is 0 Å². The molecule has 0 amide bonds. The molecule has 140 valence electrons. The minimum Gasteiger partial charge on any atom is -0.373 e. The van der Waals surface area contributed by atoms with Gasteiger partial charge in [0.15, 0.2) is 0 Å². The maximum atomic E-state index is 13.3. The van der Waals surface area contributed by atoms with Crippen LogP contribution in [0.1, 0.15) is 37.9 Å². The lowest BCUT2D eigenvalue weighted by Crippen LogP contribution is -2.58. The largest absolute Gasteiger partial charge is 0.373 e. The molecule has 3 rings (SSSR count). The van der Waals surface area contributed by atoms with Crippen LogP contribution in [0.5, 0.6) is 0 Å². The van der Waals surface area contributed by atoms with Crippen molar-refractivity contribution in [2.45, 2.75) is 38.8 Å². The number of aryl methyl sites for hydroxylation is 1. The predicted octanol–water partition coefficient (Wildman–Crippen LogP) is 1.55. The van der Waals surface area contributed by atoms with E-state index >= 15 is 0 Å². The van der Waals surface area contributed by atoms with Gasteiger partial charge in [-0.1, -0.05) is 31.2 Å². The Hall–Kier alpha value is -0.990. The van der Waals surface area contributed by atoms with E-state index in [-0.39, 0.29) is 6.04 Å². The average Bonchev–Trinajstić information content (AvgIpc) is 2.61. The molecule has 2 fully saturated rings. The molecule has 1 atom stereocenters. The second kappa shape index (κ2) is 7.32. The SMILES string of the molecule is CCc1ccc(C2CNCCN2S(=O)(=O)N2CCOC(C)(C)C2)cc1. The van der Waals surface area contributed by atoms with Crippen LogP contribution in [0.25, 0.3) is 0 Å². The van der Waals surface area contributed by atoms with Crippen LogP contribution in [-0.4, -0.2) is 62.0 Å². The summed E-state index contributed by atoms with van der Waals surface area (Å²) in [5.41, 5.74) is 1.86. The van der Waals surface area contributed by atoms with Gasteiger partial charge in [0.05, 0.1) is 18.2 Å². The Bertz CT molecular complexity index is 688. The van der Waals surface area contributed by atoms with Crippen molar-refractivity contribution in [1.82, 2.24) is 13.9 Å². The molecule has 7 heteroatoms. The van der Waals surface area contributed by atoms with Crippen molar-refractivity contribution in [3.63, 3.8) is 0 Å². The number of hydrogen-bond acceptors (Lipinski definition) is 4. The molecule has 2 aliphatic rings. The molecule has 25 heavy (non-hydrogen) atoms. The number of nitrogens with one attached hydrogen (secondary N) is 1. The van der Waals surface area contributed by atoms with E-state index in [1.807, 2.05) is 13.8 Å². The van der Waals surface area contributed by atoms with E-state index in [0.717, 1.165) is 12.0 Å². The topological polar surface area (TPSA) is 61.9 Å². The summed E-state index contributed by atoms with van der Waals surface area (Å²) in [5.74, 6) is 0. The molecule has 2 saturated heterocycles. The van der Waals surface area contributed by atoms with Gasteiger partial charge in [0.1, 0.15) is 0 Å². The zero-order valence-electron chi connectivity index (χ0n) is 15.4. The monoisotopic (exact) mass is 367 g/mol. The number of morpholine rings is 1. The van der Waals surface area contributed by atoms with Crippen molar-refractivity contribution in [2.75, 3.05) is 39.3 Å². The van der Waals surface area contributed by atoms with Crippen LogP contribution < -0.4 is 5.32 Å². The zero-order valence-corrected chi connectivity index (χ0v) is 16.2. The summed E-state index contributed by atoms with van der Waals surface area (Å²) in [5, 5.41) is 3.33. The molecule has 0 radical (unpaired) electrons. The average molecular weight is 368 g/mol. The molecule has 0 aromatic heterocycles. The maximum absolute atomic E-state index is 13.3. The lowest BCUT2D eigenvalue weighted by atomic mass is 10.0. The molecule has 6 nitrogen and oxygen atoms in total. The van der Waals surface area contributed by atoms with E-state index in [4.69, 9.17) is 4.74 Å². The highest BCUT2D eigenvalue weighted by Gasteiger charge is 2.41. The molecule has 0 aliphatic carbocycles. The van der Waals surface area contributed by atoms with E-state index in [2.05, 4.69) is 36.5 Å². The first-order valence-electron chi connectivity index (χ1n) is 9.04. The second-order valence-electron chi connectivity index (χ2n) is 7.38. The third-order valence-electron chi connectivity index (χ3n) is 4.98. The minimum absolute atomic E-state index is 0.171. The number of nitrogens with zero attached hydrogens (tertiary/aromatic N) is 2. The summed E-state index contributed by atoms with van der Waals surface area (Å²) in [6.45, 7) is 9.04. The Kier molecular flexibility index (Phi) is 5.51. The number of hydrogen-bond donors (Lipinski definition) is 1. The summed E-state index contributed by atoms with van der Waals surface area (Å²) in [7, 11) is -3.52. The minimum atomic E-state index is -3.52. The molecule has 0 saturated carbocycles. The van der Waals surface area contributed by atoms with Crippen molar-refractivity contribution in [1.29, 1.82) is 0 Å². The summed E-state index contributed by atoms with van der Waals surface area (Å²) in [6.07, 6.45) is 0.980. The molecule has 2 heterocycles. The molecule has 1 N–H and O–H groups in total. The fraction of sp³-hybridized carbons (Fsp3) is 0.667. The first kappa shape index (κ1) is 18.8. The van der Waals surface area contributed by atoms with E-state index in [9.17, 15) is 8.42 Å². The van der Waals surface area contributed by atoms with Crippen molar-refractivity contribution < 1.29 is 13.2 Å². The van der Waals surface area contributed by atoms with Gasteiger partial charge in [-0.15, -0.1) is 0 Å². The molecule has 2 aliphatic heterocycles. The van der Waals surface area contributed by atoms with Gasteiger partial charge in [0.25, 0.3) is 10.2 Å². The van der Waals surface area contributed by atoms with Gasteiger partial charge < -0.3 is 10.1 Å². The number of benzene rings is 1. The van der Waals surface area contributed by atoms with Gasteiger partial charge in [0, 0.05) is 32.7 Å². The molecule has 0 spiro atoms. The Balaban J connectivity index is 1.86. The molecular weight excluding hydrogens is 338 g/mol. The van der Waals surface area contributed by atoms with Gasteiger partial charge >= 0.3 is 0 Å². The summed E-state index contributed by atoms with van der Waals surface area (Å²) in [4.78, 5) is 0. The van der Waals surface area contributed by atoms with E-state index < -0.39 is 15.8 Å². The first-order chi connectivity index (χ1) is 11.8. The number of rotatable bonds is 4. The highest BCUT2D eigenvalue weighted by molar-refractivity contribution is 7.86. The summed E-state index contributed by atoms with van der Waals surface area (Å²) >= 11 is 0. The van der Waals surface area contributed by atoms with Gasteiger partial charge in [-0.05, 0) is 31.4 Å². The van der Waals surface area contributed by atoms with Crippen LogP contribution in [0, 0.1) is 0 Å². The lowest BCUT2D eigenvalue weighted by Gasteiger charge is -2.42. The van der Waals surface area contributed by atoms with E-state index in [0.29, 0.717) is 39.3 Å². The van der Waals surface area contributed by atoms with E-state index in [1.165, 1.54) is 5.56 Å². The highest BCUT2D eigenvalue weighted by Crippen LogP contribution is 2.29. The van der Waals surface area contributed by atoms with Crippen LogP contribution in [-0.2, 0) is 21.4 Å². The first-order valence-corrected chi connectivity index (χ1v) is 10.4. The van der Waals surface area contributed by atoms with Crippen molar-refractivity contribution in [3.05, 3.63) is 35.4 Å². The highest BCUT2D eigenvalue weighted by atomic mass is 32.2. The smallest absolute Gasteiger partial charge is 0.282 e. The van der Waals surface area contributed by atoms with Crippen LogP contribution in [0.3, 0.4) is 0 Å². The Morgan fingerprint density at radius 3 is 2.60 bits per heavy atom. The number of piperazine rings is 1. The maximum Gasteiger partial charge on any atom is 0.282 e. The third-order valence-corrected chi connectivity index (χ3v) is 6.97. The molecular formula is C18H29N3O3S. The fourth-order valence-corrected chi connectivity index (χ4v) is 5.46. The standard InChI is InChI=1S/C18H29N3O3S/c1-4-15-5-7-16(8-6-15)17-13-19-9-10-21(17)25(22,23)20-11-12-24-18(2,3)14-20/h5-8,17,19H,4,9-14H2,1-3H3. The fourth-order valence-electron chi connectivity index (χ4n) is 3.54.